The number of amides is 1. The Morgan fingerprint density at radius 1 is 1.26 bits per heavy atom. The molecule has 1 aromatic carbocycles. The third-order valence-corrected chi connectivity index (χ3v) is 8.05. The number of ketones is 1. The standard InChI is InChI=1S/C17H18BrCl2NO2/c1-15(2)16(3)6-7-17(15,12(18)13(16)22)14(23)21-11-5-4-9(19)8-10(11)20/h4-5,8,12H,6-7H2,1-3H3,(H,21,23)/t12-,16-,17-/m1/s1. The van der Waals surface area contributed by atoms with E-state index in [9.17, 15) is 9.59 Å². The Labute approximate surface area is 154 Å². The van der Waals surface area contributed by atoms with Gasteiger partial charge >= 0.3 is 0 Å². The Kier molecular flexibility index (Phi) is 3.90. The zero-order chi connectivity index (χ0) is 17.2. The Bertz CT molecular complexity index is 721. The van der Waals surface area contributed by atoms with Crippen molar-refractivity contribution in [2.45, 2.75) is 38.4 Å². The van der Waals surface area contributed by atoms with Gasteiger partial charge in [0.25, 0.3) is 0 Å². The zero-order valence-electron chi connectivity index (χ0n) is 13.2. The fourth-order valence-electron chi connectivity index (χ4n) is 4.28. The van der Waals surface area contributed by atoms with E-state index in [0.29, 0.717) is 22.2 Å². The van der Waals surface area contributed by atoms with Crippen LogP contribution < -0.4 is 5.32 Å². The van der Waals surface area contributed by atoms with E-state index in [4.69, 9.17) is 23.2 Å². The molecule has 3 rings (SSSR count). The number of carbonyl (C=O) groups excluding carboxylic acids is 2. The third-order valence-electron chi connectivity index (χ3n) is 6.31. The Balaban J connectivity index is 2.00. The quantitative estimate of drug-likeness (QED) is 0.679. The fraction of sp³-hybridized carbons (Fsp3) is 0.529. The van der Waals surface area contributed by atoms with Gasteiger partial charge in [-0.15, -0.1) is 0 Å². The number of nitrogens with one attached hydrogen (secondary N) is 1. The summed E-state index contributed by atoms with van der Waals surface area (Å²) in [6.07, 6.45) is 1.40. The molecule has 3 nitrogen and oxygen atoms in total. The van der Waals surface area contributed by atoms with Gasteiger partial charge in [0, 0.05) is 10.4 Å². The summed E-state index contributed by atoms with van der Waals surface area (Å²) in [6, 6.07) is 4.95. The van der Waals surface area contributed by atoms with Gasteiger partial charge in [-0.25, -0.2) is 0 Å². The number of anilines is 1. The molecule has 124 valence electrons. The molecule has 2 bridgehead atoms. The lowest BCUT2D eigenvalue weighted by molar-refractivity contribution is -0.130. The summed E-state index contributed by atoms with van der Waals surface area (Å²) in [5.41, 5.74) is -1.18. The fourth-order valence-corrected chi connectivity index (χ4v) is 6.25. The van der Waals surface area contributed by atoms with Crippen molar-refractivity contribution >= 4 is 56.5 Å². The van der Waals surface area contributed by atoms with Crippen LogP contribution >= 0.6 is 39.1 Å². The number of Topliss-reactive ketones (excluding diaryl/α,β-unsaturated/α-hetero) is 1. The second kappa shape index (κ2) is 5.21. The van der Waals surface area contributed by atoms with Gasteiger partial charge in [-0.3, -0.25) is 9.59 Å². The molecule has 2 aliphatic carbocycles. The van der Waals surface area contributed by atoms with Crippen LogP contribution in [-0.2, 0) is 9.59 Å². The molecule has 1 N–H and O–H groups in total. The number of rotatable bonds is 2. The van der Waals surface area contributed by atoms with Crippen LogP contribution in [0.4, 0.5) is 5.69 Å². The van der Waals surface area contributed by atoms with Crippen molar-refractivity contribution in [3.05, 3.63) is 28.2 Å². The highest BCUT2D eigenvalue weighted by Crippen LogP contribution is 2.72. The lowest BCUT2D eigenvalue weighted by Crippen LogP contribution is -2.48. The van der Waals surface area contributed by atoms with E-state index in [1.807, 2.05) is 20.8 Å². The highest BCUT2D eigenvalue weighted by Gasteiger charge is 2.76. The van der Waals surface area contributed by atoms with E-state index >= 15 is 0 Å². The summed E-state index contributed by atoms with van der Waals surface area (Å²) in [5, 5.41) is 3.80. The van der Waals surface area contributed by atoms with Crippen molar-refractivity contribution in [3.63, 3.8) is 0 Å². The van der Waals surface area contributed by atoms with Crippen molar-refractivity contribution < 1.29 is 9.59 Å². The Morgan fingerprint density at radius 2 is 1.91 bits per heavy atom. The summed E-state index contributed by atoms with van der Waals surface area (Å²) in [6.45, 7) is 6.01. The molecular weight excluding hydrogens is 401 g/mol. The first-order valence-corrected chi connectivity index (χ1v) is 9.20. The van der Waals surface area contributed by atoms with Crippen LogP contribution in [0.2, 0.25) is 10.0 Å². The van der Waals surface area contributed by atoms with Gasteiger partial charge < -0.3 is 5.32 Å². The van der Waals surface area contributed by atoms with Gasteiger partial charge in [-0.05, 0) is 36.5 Å². The van der Waals surface area contributed by atoms with E-state index in [-0.39, 0.29) is 11.7 Å². The van der Waals surface area contributed by atoms with Gasteiger partial charge in [0.15, 0.2) is 5.78 Å². The van der Waals surface area contributed by atoms with Crippen molar-refractivity contribution in [1.29, 1.82) is 0 Å². The number of alkyl halides is 1. The molecule has 2 fully saturated rings. The smallest absolute Gasteiger partial charge is 0.232 e. The van der Waals surface area contributed by atoms with Crippen LogP contribution in [0.5, 0.6) is 0 Å². The van der Waals surface area contributed by atoms with Crippen LogP contribution in [0.3, 0.4) is 0 Å². The van der Waals surface area contributed by atoms with Crippen molar-refractivity contribution in [3.8, 4) is 0 Å². The summed E-state index contributed by atoms with van der Waals surface area (Å²) in [7, 11) is 0. The van der Waals surface area contributed by atoms with Crippen molar-refractivity contribution in [2.75, 3.05) is 5.32 Å². The molecule has 0 unspecified atom stereocenters. The summed E-state index contributed by atoms with van der Waals surface area (Å²) in [4.78, 5) is 25.4. The minimum absolute atomic E-state index is 0.117. The Hall–Kier alpha value is -0.580. The maximum atomic E-state index is 13.2. The number of halogens is 3. The zero-order valence-corrected chi connectivity index (χ0v) is 16.3. The first kappa shape index (κ1) is 17.2. The number of hydrogen-bond acceptors (Lipinski definition) is 2. The number of hydrogen-bond donors (Lipinski definition) is 1. The molecule has 1 amide bonds. The van der Waals surface area contributed by atoms with E-state index in [1.165, 1.54) is 0 Å². The number of fused-ring (bicyclic) bond motifs is 2. The first-order chi connectivity index (χ1) is 10.6. The topological polar surface area (TPSA) is 46.2 Å². The SMILES string of the molecule is CC1(C)[C@]2(C(=O)Nc3ccc(Cl)cc3Cl)CC[C@]1(C)C(=O)[C@H]2Br. The van der Waals surface area contributed by atoms with Gasteiger partial charge in [0.2, 0.25) is 5.91 Å². The van der Waals surface area contributed by atoms with Crippen LogP contribution in [0.1, 0.15) is 33.6 Å². The van der Waals surface area contributed by atoms with Crippen LogP contribution in [0.15, 0.2) is 18.2 Å². The number of carbonyl (C=O) groups is 2. The molecular formula is C17H18BrCl2NO2. The van der Waals surface area contributed by atoms with Crippen LogP contribution in [-0.4, -0.2) is 16.5 Å². The molecule has 0 saturated heterocycles. The minimum atomic E-state index is -0.776. The summed E-state index contributed by atoms with van der Waals surface area (Å²) in [5.74, 6) is -0.0470. The predicted molar refractivity (Wildman–Crippen MR) is 96.4 cm³/mol. The van der Waals surface area contributed by atoms with Crippen molar-refractivity contribution in [2.24, 2.45) is 16.2 Å². The van der Waals surface area contributed by atoms with Gasteiger partial charge in [0.1, 0.15) is 0 Å². The van der Waals surface area contributed by atoms with E-state index < -0.39 is 21.1 Å². The lowest BCUT2D eigenvalue weighted by atomic mass is 9.64. The first-order valence-electron chi connectivity index (χ1n) is 7.53. The largest absolute Gasteiger partial charge is 0.324 e. The molecule has 0 spiro atoms. The molecule has 23 heavy (non-hydrogen) atoms. The average Bonchev–Trinajstić information content (AvgIpc) is 2.74. The highest BCUT2D eigenvalue weighted by atomic mass is 79.9. The minimum Gasteiger partial charge on any atom is -0.324 e. The van der Waals surface area contributed by atoms with E-state index in [0.717, 1.165) is 6.42 Å². The molecule has 1 aromatic rings. The maximum absolute atomic E-state index is 13.2. The molecule has 0 aromatic heterocycles. The van der Waals surface area contributed by atoms with Crippen LogP contribution in [0.25, 0.3) is 0 Å². The highest BCUT2D eigenvalue weighted by molar-refractivity contribution is 9.10. The number of benzene rings is 1. The van der Waals surface area contributed by atoms with Crippen LogP contribution in [0, 0.1) is 16.2 Å². The molecule has 0 aliphatic heterocycles. The van der Waals surface area contributed by atoms with Gasteiger partial charge in [0.05, 0.1) is 21.0 Å². The lowest BCUT2D eigenvalue weighted by Gasteiger charge is -2.39. The molecule has 2 saturated carbocycles. The van der Waals surface area contributed by atoms with Gasteiger partial charge in [-0.2, -0.15) is 0 Å². The monoisotopic (exact) mass is 417 g/mol. The summed E-state index contributed by atoms with van der Waals surface area (Å²) < 4.78 is 0. The molecule has 0 radical (unpaired) electrons. The molecule has 2 aliphatic rings. The summed E-state index contributed by atoms with van der Waals surface area (Å²) >= 11 is 15.6. The Morgan fingerprint density at radius 3 is 2.43 bits per heavy atom. The molecule has 0 heterocycles. The van der Waals surface area contributed by atoms with E-state index in [2.05, 4.69) is 21.2 Å². The van der Waals surface area contributed by atoms with Gasteiger partial charge in [-0.1, -0.05) is 59.9 Å². The predicted octanol–water partition coefficient (Wildman–Crippen LogP) is 5.09. The second-order valence-electron chi connectivity index (χ2n) is 7.23. The molecule has 6 heteroatoms. The van der Waals surface area contributed by atoms with E-state index in [1.54, 1.807) is 18.2 Å². The second-order valence-corrected chi connectivity index (χ2v) is 8.99. The molecule has 3 atom stereocenters. The van der Waals surface area contributed by atoms with Crippen molar-refractivity contribution in [1.82, 2.24) is 0 Å². The average molecular weight is 419 g/mol. The normalized spacial score (nSPS) is 34.7. The third kappa shape index (κ3) is 2.01. The maximum Gasteiger partial charge on any atom is 0.232 e.